The molecule has 22 heavy (non-hydrogen) atoms. The van der Waals surface area contributed by atoms with Crippen molar-refractivity contribution in [3.05, 3.63) is 36.0 Å². The molecule has 114 valence electrons. The Labute approximate surface area is 123 Å². The maximum Gasteiger partial charge on any atom is 0.252 e. The highest BCUT2D eigenvalue weighted by Crippen LogP contribution is 2.22. The highest BCUT2D eigenvalue weighted by molar-refractivity contribution is 5.59. The number of hydrogen-bond acceptors (Lipinski definition) is 6. The number of methoxy groups -OCH3 is 1. The maximum absolute atomic E-state index is 13.7. The molecule has 0 saturated heterocycles. The van der Waals surface area contributed by atoms with Crippen LogP contribution in [0.5, 0.6) is 5.88 Å². The smallest absolute Gasteiger partial charge is 0.252 e. The number of ether oxygens (including phenoxy) is 2. The third kappa shape index (κ3) is 2.58. The lowest BCUT2D eigenvalue weighted by Crippen LogP contribution is -2.02. The summed E-state index contributed by atoms with van der Waals surface area (Å²) in [6.45, 7) is -0.901. The van der Waals surface area contributed by atoms with Crippen LogP contribution in [0, 0.1) is 5.82 Å². The Kier molecular flexibility index (Phi) is 3.88. The Hall–Kier alpha value is -2.68. The van der Waals surface area contributed by atoms with Gasteiger partial charge in [-0.25, -0.2) is 13.8 Å². The first-order chi connectivity index (χ1) is 10.7. The van der Waals surface area contributed by atoms with E-state index in [0.717, 1.165) is 0 Å². The van der Waals surface area contributed by atoms with Gasteiger partial charge < -0.3 is 9.47 Å². The molecular formula is C13H11F2N5O2. The number of hydrogen-bond donors (Lipinski definition) is 0. The second-order valence-electron chi connectivity index (χ2n) is 4.30. The quantitative estimate of drug-likeness (QED) is 0.715. The van der Waals surface area contributed by atoms with Crippen molar-refractivity contribution in [1.82, 2.24) is 24.8 Å². The van der Waals surface area contributed by atoms with Gasteiger partial charge in [0.15, 0.2) is 17.3 Å². The number of rotatable bonds is 5. The molecule has 0 unspecified atom stereocenters. The van der Waals surface area contributed by atoms with Crippen LogP contribution in [-0.4, -0.2) is 38.8 Å². The van der Waals surface area contributed by atoms with Gasteiger partial charge >= 0.3 is 0 Å². The summed E-state index contributed by atoms with van der Waals surface area (Å²) in [7, 11) is 1.54. The van der Waals surface area contributed by atoms with Crippen molar-refractivity contribution in [2.45, 2.75) is 6.61 Å². The second-order valence-corrected chi connectivity index (χ2v) is 4.30. The fourth-order valence-corrected chi connectivity index (χ4v) is 1.93. The predicted octanol–water partition coefficient (Wildman–Crippen LogP) is 1.78. The molecule has 0 aliphatic heterocycles. The van der Waals surface area contributed by atoms with E-state index in [9.17, 15) is 8.78 Å². The van der Waals surface area contributed by atoms with E-state index >= 15 is 0 Å². The molecule has 0 aliphatic carbocycles. The SMILES string of the molecule is COCc1nnc2ccc(-c3cnc(OCF)c(F)c3)nn12. The number of halogens is 2. The number of nitrogens with zero attached hydrogens (tertiary/aromatic N) is 5. The number of alkyl halides is 1. The molecule has 0 aliphatic rings. The van der Waals surface area contributed by atoms with Crippen LogP contribution in [0.4, 0.5) is 8.78 Å². The highest BCUT2D eigenvalue weighted by atomic mass is 19.1. The van der Waals surface area contributed by atoms with Crippen LogP contribution in [0.3, 0.4) is 0 Å². The standard InChI is InChI=1S/C13H11F2N5O2/c1-21-6-12-18-17-11-3-2-10(19-20(11)12)8-4-9(15)13(16-5-8)22-7-14/h2-5H,6-7H2,1H3. The molecule has 0 fully saturated rings. The van der Waals surface area contributed by atoms with Crippen molar-refractivity contribution in [2.75, 3.05) is 14.0 Å². The van der Waals surface area contributed by atoms with Crippen molar-refractivity contribution < 1.29 is 18.3 Å². The van der Waals surface area contributed by atoms with E-state index in [1.54, 1.807) is 12.1 Å². The van der Waals surface area contributed by atoms with Gasteiger partial charge in [0.05, 0.1) is 5.69 Å². The molecule has 0 amide bonds. The van der Waals surface area contributed by atoms with Gasteiger partial charge in [0.2, 0.25) is 6.86 Å². The molecule has 3 aromatic heterocycles. The Morgan fingerprint density at radius 1 is 1.27 bits per heavy atom. The van der Waals surface area contributed by atoms with Crippen molar-refractivity contribution >= 4 is 5.65 Å². The lowest BCUT2D eigenvalue weighted by molar-refractivity contribution is 0.176. The molecule has 3 aromatic rings. The summed E-state index contributed by atoms with van der Waals surface area (Å²) in [6, 6.07) is 4.53. The van der Waals surface area contributed by atoms with Crippen molar-refractivity contribution in [1.29, 1.82) is 0 Å². The Balaban J connectivity index is 2.02. The third-order valence-electron chi connectivity index (χ3n) is 2.90. The average molecular weight is 307 g/mol. The zero-order valence-corrected chi connectivity index (χ0v) is 11.5. The lowest BCUT2D eigenvalue weighted by Gasteiger charge is -2.05. The van der Waals surface area contributed by atoms with Gasteiger partial charge in [-0.15, -0.1) is 10.2 Å². The van der Waals surface area contributed by atoms with Gasteiger partial charge in [-0.3, -0.25) is 0 Å². The Morgan fingerprint density at radius 2 is 2.14 bits per heavy atom. The molecular weight excluding hydrogens is 296 g/mol. The van der Waals surface area contributed by atoms with Crippen molar-refractivity contribution in [3.8, 4) is 17.1 Å². The van der Waals surface area contributed by atoms with Crippen LogP contribution >= 0.6 is 0 Å². The predicted molar refractivity (Wildman–Crippen MR) is 71.3 cm³/mol. The van der Waals surface area contributed by atoms with E-state index in [0.29, 0.717) is 22.7 Å². The van der Waals surface area contributed by atoms with E-state index in [1.807, 2.05) is 0 Å². The molecule has 0 radical (unpaired) electrons. The second kappa shape index (κ2) is 5.98. The lowest BCUT2D eigenvalue weighted by atomic mass is 10.2. The van der Waals surface area contributed by atoms with Crippen LogP contribution in [0.25, 0.3) is 16.9 Å². The van der Waals surface area contributed by atoms with Gasteiger partial charge in [-0.1, -0.05) is 0 Å². The summed E-state index contributed by atoms with van der Waals surface area (Å²) in [5.74, 6) is -0.639. The fraction of sp³-hybridized carbons (Fsp3) is 0.231. The summed E-state index contributed by atoms with van der Waals surface area (Å²) in [4.78, 5) is 3.73. The normalized spacial score (nSPS) is 11.0. The summed E-state index contributed by atoms with van der Waals surface area (Å²) in [5, 5.41) is 12.2. The van der Waals surface area contributed by atoms with Gasteiger partial charge in [-0.2, -0.15) is 9.61 Å². The first-order valence-corrected chi connectivity index (χ1v) is 6.28. The zero-order chi connectivity index (χ0) is 15.5. The summed E-state index contributed by atoms with van der Waals surface area (Å²) >= 11 is 0. The first-order valence-electron chi connectivity index (χ1n) is 6.28. The van der Waals surface area contributed by atoms with Gasteiger partial charge in [0.25, 0.3) is 5.88 Å². The van der Waals surface area contributed by atoms with E-state index in [1.165, 1.54) is 23.9 Å². The minimum Gasteiger partial charge on any atom is -0.444 e. The number of fused-ring (bicyclic) bond motifs is 1. The monoisotopic (exact) mass is 307 g/mol. The molecule has 0 spiro atoms. The van der Waals surface area contributed by atoms with Crippen LogP contribution in [0.2, 0.25) is 0 Å². The molecule has 9 heteroatoms. The topological polar surface area (TPSA) is 74.4 Å². The Bertz CT molecular complexity index is 808. The molecule has 7 nitrogen and oxygen atoms in total. The Morgan fingerprint density at radius 3 is 2.86 bits per heavy atom. The highest BCUT2D eigenvalue weighted by Gasteiger charge is 2.11. The van der Waals surface area contributed by atoms with E-state index in [4.69, 9.17) is 4.74 Å². The van der Waals surface area contributed by atoms with Gasteiger partial charge in [-0.05, 0) is 18.2 Å². The summed E-state index contributed by atoms with van der Waals surface area (Å²) in [6.07, 6.45) is 1.35. The van der Waals surface area contributed by atoms with E-state index < -0.39 is 18.6 Å². The largest absolute Gasteiger partial charge is 0.444 e. The molecule has 0 N–H and O–H groups in total. The molecule has 0 atom stereocenters. The zero-order valence-electron chi connectivity index (χ0n) is 11.5. The van der Waals surface area contributed by atoms with Crippen LogP contribution < -0.4 is 4.74 Å². The minimum atomic E-state index is -1.14. The summed E-state index contributed by atoms with van der Waals surface area (Å²) < 4.78 is 36.7. The van der Waals surface area contributed by atoms with Crippen molar-refractivity contribution in [2.24, 2.45) is 0 Å². The molecule has 0 bridgehead atoms. The third-order valence-corrected chi connectivity index (χ3v) is 2.90. The molecule has 3 rings (SSSR count). The van der Waals surface area contributed by atoms with Crippen molar-refractivity contribution in [3.63, 3.8) is 0 Å². The fourth-order valence-electron chi connectivity index (χ4n) is 1.93. The van der Waals surface area contributed by atoms with E-state index in [-0.39, 0.29) is 6.61 Å². The number of aromatic nitrogens is 5. The van der Waals surface area contributed by atoms with Crippen LogP contribution in [0.15, 0.2) is 24.4 Å². The summed E-state index contributed by atoms with van der Waals surface area (Å²) in [5.41, 5.74) is 1.42. The van der Waals surface area contributed by atoms with Crippen LogP contribution in [-0.2, 0) is 11.3 Å². The molecule has 0 aromatic carbocycles. The van der Waals surface area contributed by atoms with Gasteiger partial charge in [0, 0.05) is 18.9 Å². The average Bonchev–Trinajstić information content (AvgIpc) is 2.92. The number of pyridine rings is 1. The van der Waals surface area contributed by atoms with Gasteiger partial charge in [0.1, 0.15) is 6.61 Å². The van der Waals surface area contributed by atoms with E-state index in [2.05, 4.69) is 25.0 Å². The molecule has 3 heterocycles. The molecule has 0 saturated carbocycles. The minimum absolute atomic E-state index is 0.244. The van der Waals surface area contributed by atoms with Crippen LogP contribution in [0.1, 0.15) is 5.82 Å². The first kappa shape index (κ1) is 14.3. The maximum atomic E-state index is 13.7.